The fourth-order valence-electron chi connectivity index (χ4n) is 11.8. The summed E-state index contributed by atoms with van der Waals surface area (Å²) in [6.07, 6.45) is 3.44. The smallest absolute Gasteiger partial charge is 0.410 e. The molecule has 4 amide bonds. The van der Waals surface area contributed by atoms with Gasteiger partial charge < -0.3 is 35.1 Å². The predicted molar refractivity (Wildman–Crippen MR) is 308 cm³/mol. The standard InChI is InChI=1S/C25H29N3O3.C20H19NO4.C20H21NO4/c1-3-17(15-26-2)27-24(29)23-13-8-14-28(23)25(30)31-16-22-20-11-6-4-9-18(20)19-10-5-7-12-21(19)22;22-19(23)18-10-5-11-21(18)20(24)25-12-17-15-8-3-1-6-13(15)14-7-2-4-9-16(14)17;1-12(2)18(19(22)23)21-20(24)25-11-17-15-9-5-3-7-13(15)14-8-4-6-10-16(14)17/h4-7,9-12,15,17,22-23H,3,8,13-14,16H2,1-2H3,(H,27,29);1-4,6-9,17-18H,5,10-12H2,(H,22,23);3-10,12,17-18H,11H2,1-2H3,(H,21,24)(H,22,23)/t17-,23-;18-;/m00./s1. The maximum absolute atomic E-state index is 12.9. The molecule has 16 heteroatoms. The highest BCUT2D eigenvalue weighted by Crippen LogP contribution is 2.47. The molecule has 420 valence electrons. The van der Waals surface area contributed by atoms with Gasteiger partial charge in [0.1, 0.15) is 37.9 Å². The molecule has 2 saturated heterocycles. The number of aliphatic imine (C=N–C) groups is 1. The molecule has 0 bridgehead atoms. The summed E-state index contributed by atoms with van der Waals surface area (Å²) in [7, 11) is 1.69. The number of carboxylic acid groups (broad SMARTS) is 2. The van der Waals surface area contributed by atoms with E-state index in [-0.39, 0.29) is 55.4 Å². The van der Waals surface area contributed by atoms with E-state index in [1.165, 1.54) is 38.3 Å². The van der Waals surface area contributed by atoms with E-state index in [4.69, 9.17) is 19.3 Å². The van der Waals surface area contributed by atoms with Gasteiger partial charge >= 0.3 is 30.2 Å². The zero-order chi connectivity index (χ0) is 57.2. The summed E-state index contributed by atoms with van der Waals surface area (Å²) < 4.78 is 16.6. The van der Waals surface area contributed by atoms with Crippen LogP contribution in [-0.2, 0) is 28.6 Å². The van der Waals surface area contributed by atoms with Crippen LogP contribution in [0, 0.1) is 5.92 Å². The van der Waals surface area contributed by atoms with Crippen LogP contribution in [-0.4, -0.2) is 126 Å². The topological polar surface area (TPSA) is 213 Å². The molecule has 6 aromatic carbocycles. The molecule has 5 aliphatic rings. The maximum Gasteiger partial charge on any atom is 0.410 e. The van der Waals surface area contributed by atoms with Crippen LogP contribution in [0.5, 0.6) is 0 Å². The minimum absolute atomic E-state index is 0.0106. The third-order valence-electron chi connectivity index (χ3n) is 15.9. The van der Waals surface area contributed by atoms with Crippen molar-refractivity contribution in [3.05, 3.63) is 179 Å². The highest BCUT2D eigenvalue weighted by atomic mass is 16.6. The van der Waals surface area contributed by atoms with Crippen molar-refractivity contribution in [3.8, 4) is 33.4 Å². The van der Waals surface area contributed by atoms with Gasteiger partial charge in [-0.2, -0.15) is 0 Å². The van der Waals surface area contributed by atoms with Crippen molar-refractivity contribution in [2.24, 2.45) is 10.9 Å². The second kappa shape index (κ2) is 26.0. The van der Waals surface area contributed by atoms with Crippen LogP contribution in [0.3, 0.4) is 0 Å². The van der Waals surface area contributed by atoms with Crippen molar-refractivity contribution < 1.29 is 53.2 Å². The third kappa shape index (κ3) is 12.5. The second-order valence-corrected chi connectivity index (χ2v) is 21.1. The molecule has 16 nitrogen and oxygen atoms in total. The van der Waals surface area contributed by atoms with Gasteiger partial charge in [0.05, 0.1) is 6.04 Å². The average molecular weight is 1100 g/mol. The monoisotopic (exact) mass is 1100 g/mol. The lowest BCUT2D eigenvalue weighted by Crippen LogP contribution is -2.49. The molecule has 2 heterocycles. The number of carbonyl (C=O) groups is 6. The summed E-state index contributed by atoms with van der Waals surface area (Å²) in [4.78, 5) is 79.5. The normalized spacial score (nSPS) is 17.2. The number of alkyl carbamates (subject to hydrolysis) is 1. The summed E-state index contributed by atoms with van der Waals surface area (Å²) in [5.41, 5.74) is 13.9. The first kappa shape index (κ1) is 56.9. The Kier molecular flexibility index (Phi) is 18.3. The number of hydrogen-bond donors (Lipinski definition) is 4. The van der Waals surface area contributed by atoms with Crippen molar-refractivity contribution in [1.29, 1.82) is 0 Å². The van der Waals surface area contributed by atoms with Gasteiger partial charge in [-0.15, -0.1) is 0 Å². The number of hydrogen-bond acceptors (Lipinski definition) is 10. The fraction of sp³-hybridized carbons (Fsp3) is 0.338. The first-order valence-corrected chi connectivity index (χ1v) is 27.8. The van der Waals surface area contributed by atoms with Gasteiger partial charge in [-0.1, -0.05) is 166 Å². The van der Waals surface area contributed by atoms with E-state index in [0.717, 1.165) is 46.2 Å². The Morgan fingerprint density at radius 2 is 0.889 bits per heavy atom. The highest BCUT2D eigenvalue weighted by molar-refractivity contribution is 5.89. The third-order valence-corrected chi connectivity index (χ3v) is 15.9. The van der Waals surface area contributed by atoms with E-state index in [1.807, 2.05) is 91.9 Å². The summed E-state index contributed by atoms with van der Waals surface area (Å²) >= 11 is 0. The summed E-state index contributed by atoms with van der Waals surface area (Å²) in [5.74, 6) is -2.44. The van der Waals surface area contributed by atoms with E-state index in [9.17, 15) is 33.9 Å². The number of ether oxygens (including phenoxy) is 3. The Hall–Kier alpha value is -8.79. The van der Waals surface area contributed by atoms with Crippen molar-refractivity contribution in [3.63, 3.8) is 0 Å². The number of benzene rings is 6. The van der Waals surface area contributed by atoms with Crippen LogP contribution in [0.1, 0.15) is 104 Å². The lowest BCUT2D eigenvalue weighted by atomic mass is 9.98. The van der Waals surface area contributed by atoms with Gasteiger partial charge in [0, 0.05) is 44.1 Å². The van der Waals surface area contributed by atoms with E-state index in [2.05, 4.69) is 76.3 Å². The van der Waals surface area contributed by atoms with Gasteiger partial charge in [0.15, 0.2) is 0 Å². The number of rotatable bonds is 14. The number of nitrogens with zero attached hydrogens (tertiary/aromatic N) is 3. The van der Waals surface area contributed by atoms with Gasteiger partial charge in [0.2, 0.25) is 5.91 Å². The van der Waals surface area contributed by atoms with Crippen molar-refractivity contribution in [1.82, 2.24) is 20.4 Å². The Morgan fingerprint density at radius 3 is 1.22 bits per heavy atom. The van der Waals surface area contributed by atoms with Crippen molar-refractivity contribution >= 4 is 42.3 Å². The van der Waals surface area contributed by atoms with Crippen LogP contribution in [0.4, 0.5) is 14.4 Å². The molecule has 4 atom stereocenters. The lowest BCUT2D eigenvalue weighted by molar-refractivity contribution is -0.142. The molecule has 6 aromatic rings. The zero-order valence-electron chi connectivity index (χ0n) is 46.0. The molecule has 4 N–H and O–H groups in total. The quantitative estimate of drug-likeness (QED) is 0.0595. The van der Waals surface area contributed by atoms with E-state index >= 15 is 0 Å². The number of amides is 4. The second-order valence-electron chi connectivity index (χ2n) is 21.1. The number of carboxylic acids is 2. The van der Waals surface area contributed by atoms with E-state index in [0.29, 0.717) is 32.4 Å². The number of likely N-dealkylation sites (tertiary alicyclic amines) is 2. The van der Waals surface area contributed by atoms with Gasteiger partial charge in [-0.05, 0) is 105 Å². The van der Waals surface area contributed by atoms with Crippen LogP contribution in [0.2, 0.25) is 0 Å². The summed E-state index contributed by atoms with van der Waals surface area (Å²) in [5, 5.41) is 23.8. The Labute approximate surface area is 472 Å². The number of carbonyl (C=O) groups excluding carboxylic acids is 4. The van der Waals surface area contributed by atoms with Crippen LogP contribution < -0.4 is 10.6 Å². The molecule has 0 saturated carbocycles. The Balaban J connectivity index is 0.000000148. The average Bonchev–Trinajstić information content (AvgIpc) is 4.44. The largest absolute Gasteiger partial charge is 0.480 e. The van der Waals surface area contributed by atoms with Gasteiger partial charge in [0.25, 0.3) is 0 Å². The molecule has 81 heavy (non-hydrogen) atoms. The Morgan fingerprint density at radius 1 is 0.543 bits per heavy atom. The first-order valence-electron chi connectivity index (χ1n) is 27.8. The molecule has 11 rings (SSSR count). The lowest BCUT2D eigenvalue weighted by Gasteiger charge is -2.25. The van der Waals surface area contributed by atoms with Crippen LogP contribution in [0.25, 0.3) is 33.4 Å². The number of fused-ring (bicyclic) bond motifs is 9. The molecule has 0 aromatic heterocycles. The molecular weight excluding hydrogens is 1030 g/mol. The van der Waals surface area contributed by atoms with Gasteiger partial charge in [-0.3, -0.25) is 19.6 Å². The molecule has 3 aliphatic carbocycles. The van der Waals surface area contributed by atoms with E-state index in [1.54, 1.807) is 32.0 Å². The number of aliphatic carboxylic acids is 2. The van der Waals surface area contributed by atoms with Crippen LogP contribution >= 0.6 is 0 Å². The predicted octanol–water partition coefficient (Wildman–Crippen LogP) is 11.1. The minimum Gasteiger partial charge on any atom is -0.480 e. The first-order chi connectivity index (χ1) is 39.3. The summed E-state index contributed by atoms with van der Waals surface area (Å²) in [6, 6.07) is 46.6. The number of nitrogens with one attached hydrogen (secondary N) is 2. The van der Waals surface area contributed by atoms with Gasteiger partial charge in [-0.25, -0.2) is 24.0 Å². The molecule has 0 radical (unpaired) electrons. The minimum atomic E-state index is -1.07. The molecule has 2 aliphatic heterocycles. The molecular formula is C65H69N5O11. The SMILES string of the molecule is CC(C)C(NC(=O)OCC1c2ccccc2-c2ccccc21)C(=O)O.CC[C@@H](C=NC)NC(=O)[C@@H]1CCCN1C(=O)OCC1c2ccccc2-c2ccccc21.O=C(O)[C@@H]1CCCN1C(=O)OCC1c2ccccc2-c2ccccc21. The molecule has 1 unspecified atom stereocenters. The van der Waals surface area contributed by atoms with Crippen LogP contribution in [0.15, 0.2) is 151 Å². The molecule has 2 fully saturated rings. The maximum atomic E-state index is 12.9. The van der Waals surface area contributed by atoms with Crippen molar-refractivity contribution in [2.75, 3.05) is 40.0 Å². The highest BCUT2D eigenvalue weighted by Gasteiger charge is 2.39. The van der Waals surface area contributed by atoms with Crippen molar-refractivity contribution in [2.45, 2.75) is 94.8 Å². The summed E-state index contributed by atoms with van der Waals surface area (Å²) in [6.45, 7) is 7.09. The molecule has 0 spiro atoms. The fourth-order valence-corrected chi connectivity index (χ4v) is 11.8. The van der Waals surface area contributed by atoms with E-state index < -0.39 is 48.3 Å². The zero-order valence-corrected chi connectivity index (χ0v) is 46.0. The Bertz CT molecular complexity index is 3160.